The maximum absolute atomic E-state index is 5.76. The molecule has 2 atom stereocenters. The second-order valence-corrected chi connectivity index (χ2v) is 5.68. The molecule has 3 heteroatoms. The Hall–Kier alpha value is -0.510. The van der Waals surface area contributed by atoms with E-state index in [9.17, 15) is 0 Å². The van der Waals surface area contributed by atoms with Crippen molar-refractivity contribution in [3.63, 3.8) is 0 Å². The molecule has 0 aliphatic carbocycles. The summed E-state index contributed by atoms with van der Waals surface area (Å²) in [6.45, 7) is 4.21. The highest BCUT2D eigenvalue weighted by molar-refractivity contribution is 7.99. The van der Waals surface area contributed by atoms with Crippen molar-refractivity contribution in [2.75, 3.05) is 18.8 Å². The molecule has 1 saturated heterocycles. The summed E-state index contributed by atoms with van der Waals surface area (Å²) in [6, 6.07) is 10.5. The molecule has 94 valence electrons. The highest BCUT2D eigenvalue weighted by Gasteiger charge is 2.20. The van der Waals surface area contributed by atoms with Crippen molar-refractivity contribution < 1.29 is 4.74 Å². The Bertz CT molecular complexity index is 317. The van der Waals surface area contributed by atoms with Gasteiger partial charge in [-0.25, -0.2) is 0 Å². The van der Waals surface area contributed by atoms with E-state index in [4.69, 9.17) is 4.74 Å². The molecule has 1 aromatic carbocycles. The summed E-state index contributed by atoms with van der Waals surface area (Å²) in [5, 5.41) is 3.47. The molecule has 0 spiro atoms. The fraction of sp³-hybridized carbons (Fsp3) is 0.571. The van der Waals surface area contributed by atoms with Crippen LogP contribution in [-0.2, 0) is 4.74 Å². The SMILES string of the molecule is CC1CCC(CNCCSc2ccccc2)O1. The topological polar surface area (TPSA) is 21.3 Å². The van der Waals surface area contributed by atoms with Crippen LogP contribution in [0.1, 0.15) is 19.8 Å². The summed E-state index contributed by atoms with van der Waals surface area (Å²) in [4.78, 5) is 1.35. The van der Waals surface area contributed by atoms with Gasteiger partial charge in [0, 0.05) is 23.7 Å². The van der Waals surface area contributed by atoms with E-state index in [0.717, 1.165) is 18.8 Å². The third-order valence-corrected chi connectivity index (χ3v) is 4.00. The van der Waals surface area contributed by atoms with Gasteiger partial charge in [0.2, 0.25) is 0 Å². The smallest absolute Gasteiger partial charge is 0.0704 e. The maximum Gasteiger partial charge on any atom is 0.0704 e. The van der Waals surface area contributed by atoms with E-state index < -0.39 is 0 Å². The predicted octanol–water partition coefficient (Wildman–Crippen LogP) is 2.94. The number of nitrogens with one attached hydrogen (secondary N) is 1. The van der Waals surface area contributed by atoms with Gasteiger partial charge in [-0.15, -0.1) is 11.8 Å². The van der Waals surface area contributed by atoms with Crippen LogP contribution < -0.4 is 5.32 Å². The molecule has 1 heterocycles. The number of ether oxygens (including phenoxy) is 1. The van der Waals surface area contributed by atoms with E-state index in [-0.39, 0.29) is 0 Å². The standard InChI is InChI=1S/C14H21NOS/c1-12-7-8-13(16-12)11-15-9-10-17-14-5-3-2-4-6-14/h2-6,12-13,15H,7-11H2,1H3. The van der Waals surface area contributed by atoms with Gasteiger partial charge in [0.05, 0.1) is 12.2 Å². The van der Waals surface area contributed by atoms with Crippen LogP contribution in [0.2, 0.25) is 0 Å². The number of hydrogen-bond acceptors (Lipinski definition) is 3. The van der Waals surface area contributed by atoms with Gasteiger partial charge in [0.15, 0.2) is 0 Å². The zero-order chi connectivity index (χ0) is 11.9. The Morgan fingerprint density at radius 1 is 1.29 bits per heavy atom. The van der Waals surface area contributed by atoms with E-state index in [2.05, 4.69) is 42.6 Å². The molecule has 2 nitrogen and oxygen atoms in total. The highest BCUT2D eigenvalue weighted by atomic mass is 32.2. The summed E-state index contributed by atoms with van der Waals surface area (Å²) in [5.41, 5.74) is 0. The molecule has 0 aromatic heterocycles. The molecule has 0 saturated carbocycles. The van der Waals surface area contributed by atoms with Crippen molar-refractivity contribution in [1.82, 2.24) is 5.32 Å². The lowest BCUT2D eigenvalue weighted by Crippen LogP contribution is -2.28. The summed E-state index contributed by atoms with van der Waals surface area (Å²) < 4.78 is 5.76. The highest BCUT2D eigenvalue weighted by Crippen LogP contribution is 2.18. The van der Waals surface area contributed by atoms with E-state index in [1.165, 1.54) is 17.7 Å². The molecule has 1 N–H and O–H groups in total. The summed E-state index contributed by atoms with van der Waals surface area (Å²) in [6.07, 6.45) is 3.32. The van der Waals surface area contributed by atoms with Crippen LogP contribution in [0.4, 0.5) is 0 Å². The average molecular weight is 251 g/mol. The first-order valence-corrected chi connectivity index (χ1v) is 7.37. The lowest BCUT2D eigenvalue weighted by atomic mass is 10.2. The minimum absolute atomic E-state index is 0.437. The van der Waals surface area contributed by atoms with Crippen LogP contribution in [0.3, 0.4) is 0 Å². The van der Waals surface area contributed by atoms with Gasteiger partial charge >= 0.3 is 0 Å². The maximum atomic E-state index is 5.76. The summed E-state index contributed by atoms with van der Waals surface area (Å²) in [5.74, 6) is 1.12. The molecular weight excluding hydrogens is 230 g/mol. The van der Waals surface area contributed by atoms with Crippen LogP contribution >= 0.6 is 11.8 Å². The van der Waals surface area contributed by atoms with E-state index in [0.29, 0.717) is 12.2 Å². The monoisotopic (exact) mass is 251 g/mol. The van der Waals surface area contributed by atoms with E-state index in [1.54, 1.807) is 0 Å². The second-order valence-electron chi connectivity index (χ2n) is 4.51. The molecule has 0 radical (unpaired) electrons. The lowest BCUT2D eigenvalue weighted by molar-refractivity contribution is 0.0564. The van der Waals surface area contributed by atoms with Crippen LogP contribution in [0.15, 0.2) is 35.2 Å². The molecule has 1 aromatic rings. The summed E-state index contributed by atoms with van der Waals surface area (Å²) in [7, 11) is 0. The van der Waals surface area contributed by atoms with Gasteiger partial charge in [0.25, 0.3) is 0 Å². The van der Waals surface area contributed by atoms with Gasteiger partial charge in [0.1, 0.15) is 0 Å². The predicted molar refractivity (Wildman–Crippen MR) is 73.6 cm³/mol. The lowest BCUT2D eigenvalue weighted by Gasteiger charge is -2.11. The number of benzene rings is 1. The Morgan fingerprint density at radius 3 is 2.82 bits per heavy atom. The first-order valence-electron chi connectivity index (χ1n) is 6.38. The zero-order valence-electron chi connectivity index (χ0n) is 10.4. The quantitative estimate of drug-likeness (QED) is 0.620. The van der Waals surface area contributed by atoms with Gasteiger partial charge in [-0.1, -0.05) is 18.2 Å². The number of thioether (sulfide) groups is 1. The van der Waals surface area contributed by atoms with Crippen molar-refractivity contribution in [2.45, 2.75) is 36.9 Å². The van der Waals surface area contributed by atoms with Gasteiger partial charge < -0.3 is 10.1 Å². The minimum atomic E-state index is 0.437. The van der Waals surface area contributed by atoms with Crippen LogP contribution in [0.5, 0.6) is 0 Å². The second kappa shape index (κ2) is 7.04. The number of hydrogen-bond donors (Lipinski definition) is 1. The molecule has 2 rings (SSSR count). The molecule has 2 unspecified atom stereocenters. The van der Waals surface area contributed by atoms with Crippen molar-refractivity contribution in [1.29, 1.82) is 0 Å². The minimum Gasteiger partial charge on any atom is -0.374 e. The summed E-state index contributed by atoms with van der Waals surface area (Å²) >= 11 is 1.90. The average Bonchev–Trinajstić information content (AvgIpc) is 2.76. The molecule has 0 bridgehead atoms. The van der Waals surface area contributed by atoms with Gasteiger partial charge in [-0.05, 0) is 31.9 Å². The van der Waals surface area contributed by atoms with Crippen molar-refractivity contribution >= 4 is 11.8 Å². The Kier molecular flexibility index (Phi) is 5.36. The van der Waals surface area contributed by atoms with Crippen LogP contribution in [-0.4, -0.2) is 31.1 Å². The first kappa shape index (κ1) is 12.9. The first-order chi connectivity index (χ1) is 8.34. The molecular formula is C14H21NOS. The van der Waals surface area contributed by atoms with E-state index >= 15 is 0 Å². The molecule has 1 aliphatic heterocycles. The van der Waals surface area contributed by atoms with Crippen molar-refractivity contribution in [2.24, 2.45) is 0 Å². The van der Waals surface area contributed by atoms with Gasteiger partial charge in [-0.3, -0.25) is 0 Å². The molecule has 1 aliphatic rings. The molecule has 1 fully saturated rings. The zero-order valence-corrected chi connectivity index (χ0v) is 11.2. The fourth-order valence-corrected chi connectivity index (χ4v) is 2.89. The third kappa shape index (κ3) is 4.70. The normalized spacial score (nSPS) is 24.1. The third-order valence-electron chi connectivity index (χ3n) is 2.98. The van der Waals surface area contributed by atoms with Crippen LogP contribution in [0.25, 0.3) is 0 Å². The van der Waals surface area contributed by atoms with Gasteiger partial charge in [-0.2, -0.15) is 0 Å². The molecule has 0 amide bonds. The van der Waals surface area contributed by atoms with Crippen molar-refractivity contribution in [3.05, 3.63) is 30.3 Å². The van der Waals surface area contributed by atoms with Crippen LogP contribution in [0, 0.1) is 0 Å². The van der Waals surface area contributed by atoms with E-state index in [1.807, 2.05) is 11.8 Å². The Balaban J connectivity index is 1.52. The Morgan fingerprint density at radius 2 is 2.12 bits per heavy atom. The largest absolute Gasteiger partial charge is 0.374 e. The fourth-order valence-electron chi connectivity index (χ4n) is 2.06. The number of rotatable bonds is 6. The Labute approximate surface area is 108 Å². The molecule has 17 heavy (non-hydrogen) atoms. The van der Waals surface area contributed by atoms with Crippen molar-refractivity contribution in [3.8, 4) is 0 Å².